The van der Waals surface area contributed by atoms with Gasteiger partial charge in [-0.3, -0.25) is 19.8 Å². The van der Waals surface area contributed by atoms with E-state index in [-0.39, 0.29) is 20.9 Å². The fourth-order valence-electron chi connectivity index (χ4n) is 4.29. The molecule has 0 radical (unpaired) electrons. The van der Waals surface area contributed by atoms with Crippen LogP contribution in [0.15, 0.2) is 59.6 Å². The van der Waals surface area contributed by atoms with Gasteiger partial charge in [0.05, 0.1) is 39.0 Å². The van der Waals surface area contributed by atoms with Crippen LogP contribution in [0.4, 0.5) is 5.69 Å². The summed E-state index contributed by atoms with van der Waals surface area (Å²) >= 11 is 12.6. The zero-order valence-electron chi connectivity index (χ0n) is 22.7. The van der Waals surface area contributed by atoms with Crippen LogP contribution >= 0.6 is 23.2 Å². The number of anilines is 1. The maximum absolute atomic E-state index is 12.8. The highest BCUT2D eigenvalue weighted by molar-refractivity contribution is 7.90. The van der Waals surface area contributed by atoms with E-state index in [0.29, 0.717) is 40.7 Å². The van der Waals surface area contributed by atoms with Gasteiger partial charge in [-0.2, -0.15) is 0 Å². The third-order valence-corrected chi connectivity index (χ3v) is 7.87. The van der Waals surface area contributed by atoms with Crippen molar-refractivity contribution in [2.45, 2.75) is 39.0 Å². The minimum atomic E-state index is -3.46. The Morgan fingerprint density at radius 2 is 1.70 bits per heavy atom. The smallest absolute Gasteiger partial charge is 0.257 e. The monoisotopic (exact) mass is 607 g/mol. The van der Waals surface area contributed by atoms with Gasteiger partial charge in [-0.1, -0.05) is 50.9 Å². The molecule has 2 aromatic carbocycles. The summed E-state index contributed by atoms with van der Waals surface area (Å²) in [5.41, 5.74) is 2.22. The van der Waals surface area contributed by atoms with Crippen molar-refractivity contribution in [3.05, 3.63) is 70.3 Å². The third kappa shape index (κ3) is 7.94. The largest absolute Gasteiger partial charge is 0.491 e. The van der Waals surface area contributed by atoms with Gasteiger partial charge in [0.1, 0.15) is 5.75 Å². The van der Waals surface area contributed by atoms with Crippen LogP contribution in [0.25, 0.3) is 11.3 Å². The number of carbonyl (C=O) groups is 2. The maximum atomic E-state index is 12.8. The van der Waals surface area contributed by atoms with E-state index in [0.717, 1.165) is 6.26 Å². The summed E-state index contributed by atoms with van der Waals surface area (Å²) < 4.78 is 29.4. The highest BCUT2D eigenvalue weighted by Crippen LogP contribution is 2.35. The molecule has 0 atom stereocenters. The van der Waals surface area contributed by atoms with Gasteiger partial charge in [0.15, 0.2) is 9.84 Å². The quantitative estimate of drug-likeness (QED) is 0.189. The minimum absolute atomic E-state index is 0.00951. The first-order chi connectivity index (χ1) is 18.5. The lowest BCUT2D eigenvalue weighted by molar-refractivity contribution is -0.140. The maximum Gasteiger partial charge on any atom is 0.257 e. The number of nitrogens with one attached hydrogen (secondary N) is 2. The topological polar surface area (TPSA) is 135 Å². The number of carbonyl (C=O) groups excluding carboxylic acids is 2. The highest BCUT2D eigenvalue weighted by atomic mass is 35.5. The van der Waals surface area contributed by atoms with Crippen LogP contribution in [0, 0.1) is 10.8 Å². The zero-order valence-corrected chi connectivity index (χ0v) is 25.0. The Balaban J connectivity index is 1.72. The summed E-state index contributed by atoms with van der Waals surface area (Å²) in [6.07, 6.45) is 3.09. The molecular weight excluding hydrogens is 577 g/mol. The Hall–Kier alpha value is -3.18. The van der Waals surface area contributed by atoms with Crippen LogP contribution in [-0.2, 0) is 14.6 Å². The van der Waals surface area contributed by atoms with Crippen LogP contribution in [0.5, 0.6) is 5.75 Å². The van der Waals surface area contributed by atoms with Gasteiger partial charge in [0.2, 0.25) is 5.91 Å². The van der Waals surface area contributed by atoms with E-state index in [4.69, 9.17) is 33.1 Å². The molecule has 0 spiro atoms. The Labute approximate surface area is 243 Å². The number of aromatic nitrogens is 1. The number of sulfone groups is 1. The number of rotatable bonds is 10. The average molecular weight is 609 g/mol. The molecule has 2 amide bonds. The second kappa shape index (κ2) is 12.1. The van der Waals surface area contributed by atoms with Crippen molar-refractivity contribution in [1.29, 1.82) is 0 Å². The number of hydroxylamine groups is 1. The van der Waals surface area contributed by atoms with Crippen LogP contribution in [-0.4, -0.2) is 43.3 Å². The van der Waals surface area contributed by atoms with E-state index in [1.54, 1.807) is 55.9 Å². The standard InChI is InChI=1S/C28H31Cl2N3O6S/c1-27(2,15-28(3,4)26(35)33-36)16-39-18-7-11-24(31-14-18)21-12-17(6-10-22(21)29)32-25(34)20-9-8-19(13-23(20)30)40(5,37)38/h6-14,36H,15-16H2,1-5H3,(H,32,34)(H,33,35). The number of pyridine rings is 1. The molecule has 3 N–H and O–H groups in total. The predicted octanol–water partition coefficient (Wildman–Crippen LogP) is 6.04. The van der Waals surface area contributed by atoms with Gasteiger partial charge in [0, 0.05) is 22.9 Å². The van der Waals surface area contributed by atoms with Crippen molar-refractivity contribution in [3.8, 4) is 17.0 Å². The second-order valence-corrected chi connectivity index (χ2v) is 13.7. The van der Waals surface area contributed by atoms with Crippen LogP contribution in [0.3, 0.4) is 0 Å². The van der Waals surface area contributed by atoms with Crippen LogP contribution in [0.1, 0.15) is 44.5 Å². The van der Waals surface area contributed by atoms with Crippen molar-refractivity contribution in [3.63, 3.8) is 0 Å². The fraction of sp³-hybridized carbons (Fsp3) is 0.321. The Kier molecular flexibility index (Phi) is 9.51. The van der Waals surface area contributed by atoms with Gasteiger partial charge in [-0.15, -0.1) is 0 Å². The van der Waals surface area contributed by atoms with E-state index >= 15 is 0 Å². The van der Waals surface area contributed by atoms with E-state index in [2.05, 4.69) is 10.3 Å². The number of halogens is 2. The molecule has 3 aromatic rings. The van der Waals surface area contributed by atoms with E-state index in [1.807, 2.05) is 13.8 Å². The second-order valence-electron chi connectivity index (χ2n) is 10.9. The molecule has 0 fully saturated rings. The molecule has 0 saturated carbocycles. The minimum Gasteiger partial charge on any atom is -0.491 e. The van der Waals surface area contributed by atoms with Gasteiger partial charge in [-0.05, 0) is 60.4 Å². The molecular formula is C28H31Cl2N3O6S. The lowest BCUT2D eigenvalue weighted by atomic mass is 9.75. The molecule has 9 nitrogen and oxygen atoms in total. The van der Waals surface area contributed by atoms with Crippen molar-refractivity contribution < 1.29 is 28.0 Å². The zero-order chi connectivity index (χ0) is 29.9. The molecule has 3 rings (SSSR count). The lowest BCUT2D eigenvalue weighted by Crippen LogP contribution is -2.39. The molecule has 0 aliphatic rings. The molecule has 214 valence electrons. The molecule has 0 unspecified atom stereocenters. The van der Waals surface area contributed by atoms with Gasteiger partial charge in [0.25, 0.3) is 5.91 Å². The highest BCUT2D eigenvalue weighted by Gasteiger charge is 2.35. The van der Waals surface area contributed by atoms with Gasteiger partial charge in [-0.25, -0.2) is 13.9 Å². The Bertz CT molecular complexity index is 1520. The normalized spacial score (nSPS) is 12.1. The van der Waals surface area contributed by atoms with Gasteiger partial charge < -0.3 is 10.1 Å². The first-order valence-electron chi connectivity index (χ1n) is 12.2. The molecule has 0 aliphatic heterocycles. The summed E-state index contributed by atoms with van der Waals surface area (Å²) in [7, 11) is -3.46. The van der Waals surface area contributed by atoms with Gasteiger partial charge >= 0.3 is 0 Å². The molecule has 0 aliphatic carbocycles. The number of hydrogen-bond acceptors (Lipinski definition) is 7. The van der Waals surface area contributed by atoms with E-state index < -0.39 is 27.1 Å². The number of benzene rings is 2. The Morgan fingerprint density at radius 3 is 2.27 bits per heavy atom. The first-order valence-corrected chi connectivity index (χ1v) is 14.8. The lowest BCUT2D eigenvalue weighted by Gasteiger charge is -2.33. The van der Waals surface area contributed by atoms with Crippen LogP contribution in [0.2, 0.25) is 10.0 Å². The summed E-state index contributed by atoms with van der Waals surface area (Å²) in [4.78, 5) is 29.2. The summed E-state index contributed by atoms with van der Waals surface area (Å²) in [6, 6.07) is 12.3. The predicted molar refractivity (Wildman–Crippen MR) is 155 cm³/mol. The molecule has 1 heterocycles. The molecule has 0 bridgehead atoms. The first kappa shape index (κ1) is 31.3. The Morgan fingerprint density at radius 1 is 1.00 bits per heavy atom. The number of nitrogens with zero attached hydrogens (tertiary/aromatic N) is 1. The molecule has 12 heteroatoms. The summed E-state index contributed by atoms with van der Waals surface area (Å²) in [6.45, 7) is 7.74. The van der Waals surface area contributed by atoms with E-state index in [1.165, 1.54) is 18.2 Å². The van der Waals surface area contributed by atoms with E-state index in [9.17, 15) is 18.0 Å². The number of ether oxygens (including phenoxy) is 1. The molecule has 1 aromatic heterocycles. The SMILES string of the molecule is CC(C)(COc1ccc(-c2cc(NC(=O)c3ccc(S(C)(=O)=O)cc3Cl)ccc2Cl)nc1)CC(C)(C)C(=O)NO. The summed E-state index contributed by atoms with van der Waals surface area (Å²) in [5, 5.41) is 12.2. The number of hydrogen-bond donors (Lipinski definition) is 3. The van der Waals surface area contributed by atoms with Crippen molar-refractivity contribution in [2.24, 2.45) is 10.8 Å². The molecule has 40 heavy (non-hydrogen) atoms. The summed E-state index contributed by atoms with van der Waals surface area (Å²) in [5.74, 6) is -0.457. The van der Waals surface area contributed by atoms with Crippen molar-refractivity contribution in [1.82, 2.24) is 10.5 Å². The van der Waals surface area contributed by atoms with Crippen LogP contribution < -0.4 is 15.5 Å². The van der Waals surface area contributed by atoms with Crippen molar-refractivity contribution in [2.75, 3.05) is 18.2 Å². The molecule has 0 saturated heterocycles. The average Bonchev–Trinajstić information content (AvgIpc) is 2.87. The van der Waals surface area contributed by atoms with Crippen molar-refractivity contribution >= 4 is 50.5 Å². The third-order valence-electron chi connectivity index (χ3n) is 6.12. The fourth-order valence-corrected chi connectivity index (χ4v) is 5.48. The number of amides is 2.